The Bertz CT molecular complexity index is 1200. The Balaban J connectivity index is 1.55. The van der Waals surface area contributed by atoms with Gasteiger partial charge in [0.25, 0.3) is 10.0 Å². The smallest absolute Gasteiger partial charge is 0.410 e. The van der Waals surface area contributed by atoms with Crippen LogP contribution in [-0.2, 0) is 14.8 Å². The lowest BCUT2D eigenvalue weighted by Crippen LogP contribution is -2.36. The molecule has 1 aromatic heterocycles. The summed E-state index contributed by atoms with van der Waals surface area (Å²) in [5.41, 5.74) is -0.121. The zero-order valence-corrected chi connectivity index (χ0v) is 18.5. The van der Waals surface area contributed by atoms with Gasteiger partial charge in [0.05, 0.1) is 28.5 Å². The number of carbonyl (C=O) groups is 1. The number of hydrogen-bond donors (Lipinski definition) is 0. The number of nitrogens with zero attached hydrogens (tertiary/aromatic N) is 3. The Kier molecular flexibility index (Phi) is 5.38. The molecule has 1 unspecified atom stereocenters. The van der Waals surface area contributed by atoms with E-state index in [0.29, 0.717) is 36.2 Å². The average molecular weight is 444 g/mol. The third kappa shape index (κ3) is 4.36. The molecule has 1 aliphatic rings. The molecule has 1 amide bonds. The Hall–Kier alpha value is -3.07. The minimum atomic E-state index is -3.82. The van der Waals surface area contributed by atoms with Gasteiger partial charge in [0.15, 0.2) is 0 Å². The molecule has 0 saturated carbocycles. The second-order valence-electron chi connectivity index (χ2n) is 8.45. The van der Waals surface area contributed by atoms with Crippen molar-refractivity contribution in [3.8, 4) is 5.75 Å². The van der Waals surface area contributed by atoms with Crippen molar-refractivity contribution in [2.24, 2.45) is 0 Å². The topological polar surface area (TPSA) is 90.7 Å². The van der Waals surface area contributed by atoms with Gasteiger partial charge in [-0.05, 0) is 45.0 Å². The lowest BCUT2D eigenvalue weighted by atomic mass is 10.2. The van der Waals surface area contributed by atoms with Crippen LogP contribution < -0.4 is 4.74 Å². The number of benzene rings is 2. The molecule has 0 aliphatic carbocycles. The zero-order chi connectivity index (χ0) is 22.2. The van der Waals surface area contributed by atoms with Gasteiger partial charge in [0, 0.05) is 13.0 Å². The van der Waals surface area contributed by atoms with Crippen LogP contribution in [0.15, 0.2) is 59.6 Å². The average Bonchev–Trinajstić information content (AvgIpc) is 3.35. The van der Waals surface area contributed by atoms with Crippen LogP contribution in [0.4, 0.5) is 4.79 Å². The number of aromatic nitrogens is 2. The fourth-order valence-electron chi connectivity index (χ4n) is 3.48. The van der Waals surface area contributed by atoms with Crippen LogP contribution in [0.3, 0.4) is 0 Å². The van der Waals surface area contributed by atoms with Gasteiger partial charge in [0.1, 0.15) is 17.5 Å². The van der Waals surface area contributed by atoms with E-state index in [1.54, 1.807) is 41.3 Å². The second kappa shape index (κ2) is 7.88. The van der Waals surface area contributed by atoms with Crippen LogP contribution in [0.2, 0.25) is 0 Å². The van der Waals surface area contributed by atoms with Crippen LogP contribution >= 0.6 is 0 Å². The molecular weight excluding hydrogens is 418 g/mol. The molecule has 9 heteroatoms. The van der Waals surface area contributed by atoms with Gasteiger partial charge in [-0.25, -0.2) is 4.79 Å². The van der Waals surface area contributed by atoms with Crippen molar-refractivity contribution < 1.29 is 22.7 Å². The molecule has 8 nitrogen and oxygen atoms in total. The van der Waals surface area contributed by atoms with Crippen molar-refractivity contribution >= 4 is 27.0 Å². The molecule has 0 N–H and O–H groups in total. The van der Waals surface area contributed by atoms with Crippen LogP contribution in [-0.4, -0.2) is 53.4 Å². The molecule has 1 saturated heterocycles. The predicted octanol–water partition coefficient (Wildman–Crippen LogP) is 3.66. The maximum Gasteiger partial charge on any atom is 0.410 e. The Labute approximate surface area is 181 Å². The molecule has 4 rings (SSSR count). The first-order valence-electron chi connectivity index (χ1n) is 10.1. The van der Waals surface area contributed by atoms with Crippen molar-refractivity contribution in [1.29, 1.82) is 0 Å². The van der Waals surface area contributed by atoms with E-state index < -0.39 is 15.6 Å². The standard InChI is InChI=1S/C22H25N3O5S/c1-22(2,3)30-21(26)24-13-12-16(15-24)29-20-11-7-10-19-18(20)14-23-25(19)31(27,28)17-8-5-4-6-9-17/h4-11,14,16H,12-13,15H2,1-3H3. The Morgan fingerprint density at radius 1 is 1.10 bits per heavy atom. The molecular formula is C22H25N3O5S. The maximum atomic E-state index is 13.0. The van der Waals surface area contributed by atoms with E-state index in [0.717, 1.165) is 4.09 Å². The highest BCUT2D eigenvalue weighted by Gasteiger charge is 2.31. The Morgan fingerprint density at radius 3 is 2.55 bits per heavy atom. The Morgan fingerprint density at radius 2 is 1.84 bits per heavy atom. The summed E-state index contributed by atoms with van der Waals surface area (Å²) >= 11 is 0. The highest BCUT2D eigenvalue weighted by Crippen LogP contribution is 2.30. The van der Waals surface area contributed by atoms with E-state index >= 15 is 0 Å². The van der Waals surface area contributed by atoms with Gasteiger partial charge < -0.3 is 14.4 Å². The van der Waals surface area contributed by atoms with Crippen LogP contribution in [0, 0.1) is 0 Å². The maximum absolute atomic E-state index is 13.0. The molecule has 1 aliphatic heterocycles. The molecule has 164 valence electrons. The number of likely N-dealkylation sites (tertiary alicyclic amines) is 1. The van der Waals surface area contributed by atoms with Crippen molar-refractivity contribution in [1.82, 2.24) is 14.1 Å². The van der Waals surface area contributed by atoms with Gasteiger partial charge in [-0.1, -0.05) is 24.3 Å². The van der Waals surface area contributed by atoms with Crippen molar-refractivity contribution in [3.63, 3.8) is 0 Å². The van der Waals surface area contributed by atoms with E-state index in [4.69, 9.17) is 9.47 Å². The SMILES string of the molecule is CC(C)(C)OC(=O)N1CCC(Oc2cccc3c2cnn3S(=O)(=O)c2ccccc2)C1. The summed E-state index contributed by atoms with van der Waals surface area (Å²) in [4.78, 5) is 14.1. The largest absolute Gasteiger partial charge is 0.488 e. The molecule has 2 heterocycles. The summed E-state index contributed by atoms with van der Waals surface area (Å²) in [6.45, 7) is 6.43. The van der Waals surface area contributed by atoms with Crippen molar-refractivity contribution in [2.75, 3.05) is 13.1 Å². The number of rotatable bonds is 4. The third-order valence-electron chi connectivity index (χ3n) is 4.90. The minimum absolute atomic E-state index is 0.162. The molecule has 0 bridgehead atoms. The first kappa shape index (κ1) is 21.2. The highest BCUT2D eigenvalue weighted by molar-refractivity contribution is 7.90. The summed E-state index contributed by atoms with van der Waals surface area (Å²) in [6, 6.07) is 13.4. The van der Waals surface area contributed by atoms with E-state index in [-0.39, 0.29) is 17.1 Å². The number of carbonyl (C=O) groups excluding carboxylic acids is 1. The molecule has 2 aromatic carbocycles. The molecule has 1 atom stereocenters. The van der Waals surface area contributed by atoms with Crippen molar-refractivity contribution in [2.45, 2.75) is 43.8 Å². The zero-order valence-electron chi connectivity index (χ0n) is 17.7. The summed E-state index contributed by atoms with van der Waals surface area (Å²) in [5.74, 6) is 0.531. The van der Waals surface area contributed by atoms with Crippen molar-refractivity contribution in [3.05, 3.63) is 54.7 Å². The van der Waals surface area contributed by atoms with Crippen LogP contribution in [0.25, 0.3) is 10.9 Å². The van der Waals surface area contributed by atoms with Crippen LogP contribution in [0.1, 0.15) is 27.2 Å². The molecule has 0 spiro atoms. The normalized spacial score (nSPS) is 17.1. The van der Waals surface area contributed by atoms with Crippen LogP contribution in [0.5, 0.6) is 5.75 Å². The van der Waals surface area contributed by atoms with Gasteiger partial charge in [0.2, 0.25) is 0 Å². The van der Waals surface area contributed by atoms with E-state index in [2.05, 4.69) is 5.10 Å². The summed E-state index contributed by atoms with van der Waals surface area (Å²) in [6.07, 6.45) is 1.57. The number of fused-ring (bicyclic) bond motifs is 1. The fraction of sp³-hybridized carbons (Fsp3) is 0.364. The molecule has 0 radical (unpaired) electrons. The number of amides is 1. The highest BCUT2D eigenvalue weighted by atomic mass is 32.2. The number of ether oxygens (including phenoxy) is 2. The second-order valence-corrected chi connectivity index (χ2v) is 10.2. The van der Waals surface area contributed by atoms with E-state index in [9.17, 15) is 13.2 Å². The molecule has 31 heavy (non-hydrogen) atoms. The fourth-order valence-corrected chi connectivity index (χ4v) is 4.77. The first-order chi connectivity index (χ1) is 14.6. The van der Waals surface area contributed by atoms with Gasteiger partial charge >= 0.3 is 6.09 Å². The van der Waals surface area contributed by atoms with E-state index in [1.807, 2.05) is 20.8 Å². The number of hydrogen-bond acceptors (Lipinski definition) is 6. The van der Waals surface area contributed by atoms with Gasteiger partial charge in [-0.15, -0.1) is 0 Å². The lowest BCUT2D eigenvalue weighted by molar-refractivity contribution is 0.0276. The molecule has 3 aromatic rings. The minimum Gasteiger partial charge on any atom is -0.488 e. The lowest BCUT2D eigenvalue weighted by Gasteiger charge is -2.24. The summed E-state index contributed by atoms with van der Waals surface area (Å²) < 4.78 is 38.6. The quantitative estimate of drug-likeness (QED) is 0.611. The third-order valence-corrected chi connectivity index (χ3v) is 6.51. The van der Waals surface area contributed by atoms with Gasteiger partial charge in [-0.3, -0.25) is 0 Å². The summed E-state index contributed by atoms with van der Waals surface area (Å²) in [7, 11) is -3.82. The van der Waals surface area contributed by atoms with E-state index in [1.165, 1.54) is 18.3 Å². The van der Waals surface area contributed by atoms with Gasteiger partial charge in [-0.2, -0.15) is 17.6 Å². The molecule has 1 fully saturated rings. The first-order valence-corrected chi connectivity index (χ1v) is 11.5. The monoisotopic (exact) mass is 443 g/mol. The predicted molar refractivity (Wildman–Crippen MR) is 116 cm³/mol. The summed E-state index contributed by atoms with van der Waals surface area (Å²) in [5, 5.41) is 4.72.